The second-order valence-electron chi connectivity index (χ2n) is 6.96. The molecule has 1 heterocycles. The average Bonchev–Trinajstić information content (AvgIpc) is 2.66. The fourth-order valence-electron chi connectivity index (χ4n) is 3.18. The average molecular weight is 439 g/mol. The molecule has 1 aliphatic heterocycles. The van der Waals surface area contributed by atoms with Crippen LogP contribution in [-0.2, 0) is 9.84 Å². The molecule has 0 saturated carbocycles. The molecule has 154 valence electrons. The van der Waals surface area contributed by atoms with Gasteiger partial charge >= 0.3 is 0 Å². The molecule has 0 N–H and O–H groups in total. The Morgan fingerprint density at radius 2 is 1.48 bits per heavy atom. The largest absolute Gasteiger partial charge is 0.335 e. The first-order valence-electron chi connectivity index (χ1n) is 8.92. The quantitative estimate of drug-likeness (QED) is 0.738. The van der Waals surface area contributed by atoms with E-state index in [-0.39, 0.29) is 27.3 Å². The number of hydrogen-bond donors (Lipinski definition) is 0. The molecule has 1 saturated heterocycles. The minimum absolute atomic E-state index is 0.0433. The van der Waals surface area contributed by atoms with Gasteiger partial charge in [0.15, 0.2) is 9.84 Å². The summed E-state index contributed by atoms with van der Waals surface area (Å²) in [5.74, 6) is -1.12. The second-order valence-corrected chi connectivity index (χ2v) is 9.38. The number of benzene rings is 2. The molecule has 9 heteroatoms. The van der Waals surface area contributed by atoms with Crippen LogP contribution in [-0.4, -0.2) is 62.5 Å². The molecule has 1 fully saturated rings. The molecule has 0 radical (unpaired) electrons. The van der Waals surface area contributed by atoms with E-state index in [9.17, 15) is 22.4 Å². The lowest BCUT2D eigenvalue weighted by Gasteiger charge is -2.35. The molecule has 0 spiro atoms. The molecule has 29 heavy (non-hydrogen) atoms. The number of nitrogens with zero attached hydrogens (tertiary/aromatic N) is 2. The SMILES string of the molecule is Cc1ccc(S(C)(=O)=O)cc1C(=O)N1CCN(C(=O)c2ccc(F)cc2Cl)CC1. The number of carbonyl (C=O) groups excluding carboxylic acids is 2. The Bertz CT molecular complexity index is 1080. The Kier molecular flexibility index (Phi) is 5.95. The van der Waals surface area contributed by atoms with Gasteiger partial charge in [0.05, 0.1) is 15.5 Å². The number of aryl methyl sites for hydroxylation is 1. The lowest BCUT2D eigenvalue weighted by molar-refractivity contribution is 0.0535. The molecule has 6 nitrogen and oxygen atoms in total. The second kappa shape index (κ2) is 8.12. The first-order valence-corrected chi connectivity index (χ1v) is 11.2. The number of carbonyl (C=O) groups is 2. The molecule has 2 aromatic carbocycles. The summed E-state index contributed by atoms with van der Waals surface area (Å²) in [6.07, 6.45) is 1.09. The number of piperazine rings is 1. The highest BCUT2D eigenvalue weighted by molar-refractivity contribution is 7.90. The third-order valence-electron chi connectivity index (χ3n) is 4.88. The van der Waals surface area contributed by atoms with E-state index in [1.807, 2.05) is 0 Å². The molecule has 0 bridgehead atoms. The van der Waals surface area contributed by atoms with Crippen molar-refractivity contribution in [2.45, 2.75) is 11.8 Å². The van der Waals surface area contributed by atoms with Crippen molar-refractivity contribution < 1.29 is 22.4 Å². The highest BCUT2D eigenvalue weighted by Gasteiger charge is 2.27. The summed E-state index contributed by atoms with van der Waals surface area (Å²) in [5.41, 5.74) is 1.22. The highest BCUT2D eigenvalue weighted by Crippen LogP contribution is 2.21. The zero-order valence-electron chi connectivity index (χ0n) is 16.0. The van der Waals surface area contributed by atoms with Crippen LogP contribution < -0.4 is 0 Å². The van der Waals surface area contributed by atoms with Gasteiger partial charge in [-0.3, -0.25) is 9.59 Å². The van der Waals surface area contributed by atoms with Crippen molar-refractivity contribution in [1.29, 1.82) is 0 Å². The van der Waals surface area contributed by atoms with Crippen molar-refractivity contribution >= 4 is 33.3 Å². The number of amides is 2. The zero-order valence-corrected chi connectivity index (χ0v) is 17.6. The van der Waals surface area contributed by atoms with Gasteiger partial charge in [-0.15, -0.1) is 0 Å². The normalized spacial score (nSPS) is 14.8. The summed E-state index contributed by atoms with van der Waals surface area (Å²) in [6.45, 7) is 2.93. The maximum Gasteiger partial charge on any atom is 0.255 e. The predicted molar refractivity (Wildman–Crippen MR) is 108 cm³/mol. The molecule has 0 unspecified atom stereocenters. The van der Waals surface area contributed by atoms with Gasteiger partial charge < -0.3 is 9.80 Å². The van der Waals surface area contributed by atoms with Crippen molar-refractivity contribution in [3.63, 3.8) is 0 Å². The van der Waals surface area contributed by atoms with Gasteiger partial charge in [0.25, 0.3) is 11.8 Å². The van der Waals surface area contributed by atoms with Gasteiger partial charge in [-0.05, 0) is 42.8 Å². The van der Waals surface area contributed by atoms with Crippen LogP contribution in [0.15, 0.2) is 41.3 Å². The Labute approximate surface area is 173 Å². The van der Waals surface area contributed by atoms with Crippen LogP contribution in [0.3, 0.4) is 0 Å². The predicted octanol–water partition coefficient (Wildman–Crippen LogP) is 2.79. The van der Waals surface area contributed by atoms with Crippen LogP contribution in [0.2, 0.25) is 5.02 Å². The van der Waals surface area contributed by atoms with Crippen LogP contribution in [0, 0.1) is 12.7 Å². The van der Waals surface area contributed by atoms with Gasteiger partial charge in [-0.1, -0.05) is 17.7 Å². The third kappa shape index (κ3) is 4.59. The van der Waals surface area contributed by atoms with Gasteiger partial charge in [0.2, 0.25) is 0 Å². The van der Waals surface area contributed by atoms with E-state index in [4.69, 9.17) is 11.6 Å². The highest BCUT2D eigenvalue weighted by atomic mass is 35.5. The molecular formula is C20H20ClFN2O4S. The monoisotopic (exact) mass is 438 g/mol. The van der Waals surface area contributed by atoms with E-state index < -0.39 is 15.7 Å². The van der Waals surface area contributed by atoms with Gasteiger partial charge in [0, 0.05) is 38.0 Å². The lowest BCUT2D eigenvalue weighted by Crippen LogP contribution is -2.50. The first-order chi connectivity index (χ1) is 13.6. The van der Waals surface area contributed by atoms with E-state index in [1.165, 1.54) is 24.3 Å². The summed E-state index contributed by atoms with van der Waals surface area (Å²) in [6, 6.07) is 8.09. The van der Waals surface area contributed by atoms with Crippen molar-refractivity contribution in [3.05, 3.63) is 63.9 Å². The standard InChI is InChI=1S/C20H20ClFN2O4S/c1-13-3-5-15(29(2,27)28)12-17(13)20(26)24-9-7-23(8-10-24)19(25)16-6-4-14(22)11-18(16)21/h3-6,11-12H,7-10H2,1-2H3. The number of halogens is 2. The van der Waals surface area contributed by atoms with Crippen LogP contribution in [0.5, 0.6) is 0 Å². The molecule has 2 amide bonds. The Morgan fingerprint density at radius 3 is 2.00 bits per heavy atom. The Hall–Kier alpha value is -2.45. The van der Waals surface area contributed by atoms with Crippen LogP contribution >= 0.6 is 11.6 Å². The van der Waals surface area contributed by atoms with E-state index in [1.54, 1.807) is 22.8 Å². The molecule has 1 aliphatic rings. The summed E-state index contributed by atoms with van der Waals surface area (Å²) >= 11 is 5.97. The third-order valence-corrected chi connectivity index (χ3v) is 6.31. The first kappa shape index (κ1) is 21.3. The molecule has 0 atom stereocenters. The topological polar surface area (TPSA) is 74.8 Å². The lowest BCUT2D eigenvalue weighted by atomic mass is 10.1. The minimum atomic E-state index is -3.43. The number of hydrogen-bond acceptors (Lipinski definition) is 4. The van der Waals surface area contributed by atoms with Crippen molar-refractivity contribution in [3.8, 4) is 0 Å². The van der Waals surface area contributed by atoms with E-state index in [0.717, 1.165) is 12.3 Å². The van der Waals surface area contributed by atoms with Gasteiger partial charge in [-0.2, -0.15) is 0 Å². The van der Waals surface area contributed by atoms with Crippen molar-refractivity contribution in [2.75, 3.05) is 32.4 Å². The molecular weight excluding hydrogens is 419 g/mol. The summed E-state index contributed by atoms with van der Waals surface area (Å²) in [7, 11) is -3.43. The molecule has 0 aromatic heterocycles. The number of rotatable bonds is 3. The maximum atomic E-state index is 13.2. The van der Waals surface area contributed by atoms with Crippen molar-refractivity contribution in [2.24, 2.45) is 0 Å². The van der Waals surface area contributed by atoms with Crippen LogP contribution in [0.4, 0.5) is 4.39 Å². The smallest absolute Gasteiger partial charge is 0.255 e. The molecule has 2 aromatic rings. The summed E-state index contributed by atoms with van der Waals surface area (Å²) in [5, 5.41) is 0.0433. The van der Waals surface area contributed by atoms with Crippen molar-refractivity contribution in [1.82, 2.24) is 9.80 Å². The fourth-order valence-corrected chi connectivity index (χ4v) is 4.07. The van der Waals surface area contributed by atoms with Crippen LogP contribution in [0.1, 0.15) is 26.3 Å². The Balaban J connectivity index is 1.72. The summed E-state index contributed by atoms with van der Waals surface area (Å²) in [4.78, 5) is 28.8. The van der Waals surface area contributed by atoms with Crippen LogP contribution in [0.25, 0.3) is 0 Å². The number of sulfone groups is 1. The van der Waals surface area contributed by atoms with E-state index in [2.05, 4.69) is 0 Å². The van der Waals surface area contributed by atoms with Gasteiger partial charge in [-0.25, -0.2) is 12.8 Å². The molecule has 0 aliphatic carbocycles. The fraction of sp³-hybridized carbons (Fsp3) is 0.300. The Morgan fingerprint density at radius 1 is 0.931 bits per heavy atom. The van der Waals surface area contributed by atoms with Gasteiger partial charge in [0.1, 0.15) is 5.82 Å². The maximum absolute atomic E-state index is 13.2. The van der Waals surface area contributed by atoms with E-state index in [0.29, 0.717) is 37.3 Å². The summed E-state index contributed by atoms with van der Waals surface area (Å²) < 4.78 is 36.8. The molecule has 3 rings (SSSR count). The minimum Gasteiger partial charge on any atom is -0.335 e. The van der Waals surface area contributed by atoms with E-state index >= 15 is 0 Å². The zero-order chi connectivity index (χ0) is 21.3.